The maximum Gasteiger partial charge on any atom is 0.224 e. The Morgan fingerprint density at radius 3 is 2.70 bits per heavy atom. The van der Waals surface area contributed by atoms with Gasteiger partial charge in [0.15, 0.2) is 0 Å². The highest BCUT2D eigenvalue weighted by molar-refractivity contribution is 6.31. The maximum absolute atomic E-state index is 6.02. The minimum atomic E-state index is 0.484. The van der Waals surface area contributed by atoms with E-state index in [9.17, 15) is 0 Å². The van der Waals surface area contributed by atoms with Gasteiger partial charge in [0.2, 0.25) is 5.88 Å². The summed E-state index contributed by atoms with van der Waals surface area (Å²) in [6.45, 7) is 1.95. The zero-order chi connectivity index (χ0) is 14.1. The van der Waals surface area contributed by atoms with Crippen molar-refractivity contribution in [2.75, 3.05) is 12.4 Å². The van der Waals surface area contributed by atoms with Crippen molar-refractivity contribution in [3.8, 4) is 11.6 Å². The summed E-state index contributed by atoms with van der Waals surface area (Å²) >= 11 is 6.02. The molecule has 1 aliphatic carbocycles. The van der Waals surface area contributed by atoms with Gasteiger partial charge in [-0.1, -0.05) is 11.6 Å². The zero-order valence-electron chi connectivity index (χ0n) is 11.5. The molecular formula is C15H16ClN3O. The zero-order valence-corrected chi connectivity index (χ0v) is 12.2. The van der Waals surface area contributed by atoms with E-state index in [0.717, 1.165) is 40.8 Å². The first-order chi connectivity index (χ1) is 9.65. The Bertz CT molecular complexity index is 641. The molecule has 3 rings (SSSR count). The van der Waals surface area contributed by atoms with Crippen LogP contribution >= 0.6 is 11.6 Å². The SMILES string of the molecule is CNc1cc(Oc2ccc(Cl)c(C)c2)nc(C2CC2)n1. The van der Waals surface area contributed by atoms with Crippen molar-refractivity contribution in [3.05, 3.63) is 40.7 Å². The first kappa shape index (κ1) is 13.2. The number of nitrogens with one attached hydrogen (secondary N) is 1. The van der Waals surface area contributed by atoms with E-state index in [1.54, 1.807) is 6.07 Å². The summed E-state index contributed by atoms with van der Waals surface area (Å²) in [6, 6.07) is 7.37. The second-order valence-corrected chi connectivity index (χ2v) is 5.39. The molecule has 0 radical (unpaired) electrons. The van der Waals surface area contributed by atoms with Gasteiger partial charge >= 0.3 is 0 Å². The van der Waals surface area contributed by atoms with Crippen LogP contribution in [0.25, 0.3) is 0 Å². The first-order valence-corrected chi connectivity index (χ1v) is 7.04. The Hall–Kier alpha value is -1.81. The number of anilines is 1. The van der Waals surface area contributed by atoms with E-state index in [1.807, 2.05) is 32.2 Å². The second-order valence-electron chi connectivity index (χ2n) is 4.99. The molecule has 0 saturated heterocycles. The predicted molar refractivity (Wildman–Crippen MR) is 79.8 cm³/mol. The molecule has 0 spiro atoms. The minimum absolute atomic E-state index is 0.484. The van der Waals surface area contributed by atoms with E-state index in [1.165, 1.54) is 0 Å². The molecule has 1 aliphatic rings. The summed E-state index contributed by atoms with van der Waals surface area (Å²) in [6.07, 6.45) is 2.32. The molecule has 2 aromatic rings. The highest BCUT2D eigenvalue weighted by Gasteiger charge is 2.27. The summed E-state index contributed by atoms with van der Waals surface area (Å²) in [5.41, 5.74) is 0.981. The Labute approximate surface area is 123 Å². The number of ether oxygens (including phenoxy) is 1. The number of aryl methyl sites for hydroxylation is 1. The molecule has 1 N–H and O–H groups in total. The summed E-state index contributed by atoms with van der Waals surface area (Å²) in [7, 11) is 1.84. The summed E-state index contributed by atoms with van der Waals surface area (Å²) in [5.74, 6) is 3.42. The molecule has 1 aromatic heterocycles. The fourth-order valence-corrected chi connectivity index (χ4v) is 2.07. The molecule has 0 amide bonds. The summed E-state index contributed by atoms with van der Waals surface area (Å²) in [5, 5.41) is 3.78. The quantitative estimate of drug-likeness (QED) is 0.918. The van der Waals surface area contributed by atoms with Gasteiger partial charge in [0.1, 0.15) is 17.4 Å². The van der Waals surface area contributed by atoms with Gasteiger partial charge in [0, 0.05) is 24.1 Å². The third-order valence-corrected chi connectivity index (χ3v) is 3.69. The molecule has 4 nitrogen and oxygen atoms in total. The molecule has 20 heavy (non-hydrogen) atoms. The van der Waals surface area contributed by atoms with Gasteiger partial charge in [-0.05, 0) is 43.5 Å². The molecule has 104 valence electrons. The lowest BCUT2D eigenvalue weighted by Gasteiger charge is -2.09. The van der Waals surface area contributed by atoms with E-state index in [2.05, 4.69) is 15.3 Å². The lowest BCUT2D eigenvalue weighted by Crippen LogP contribution is -2.01. The number of aromatic nitrogens is 2. The number of nitrogens with zero attached hydrogens (tertiary/aromatic N) is 2. The van der Waals surface area contributed by atoms with E-state index >= 15 is 0 Å². The van der Waals surface area contributed by atoms with Crippen molar-refractivity contribution >= 4 is 17.4 Å². The van der Waals surface area contributed by atoms with E-state index in [4.69, 9.17) is 16.3 Å². The van der Waals surface area contributed by atoms with Gasteiger partial charge in [0.25, 0.3) is 0 Å². The van der Waals surface area contributed by atoms with Crippen LogP contribution in [-0.4, -0.2) is 17.0 Å². The molecule has 0 aliphatic heterocycles. The lowest BCUT2D eigenvalue weighted by molar-refractivity contribution is 0.458. The third-order valence-electron chi connectivity index (χ3n) is 3.27. The molecule has 0 atom stereocenters. The number of benzene rings is 1. The van der Waals surface area contributed by atoms with Crippen LogP contribution in [0.15, 0.2) is 24.3 Å². The van der Waals surface area contributed by atoms with Crippen molar-refractivity contribution in [1.29, 1.82) is 0 Å². The van der Waals surface area contributed by atoms with E-state index in [0.29, 0.717) is 11.8 Å². The largest absolute Gasteiger partial charge is 0.439 e. The monoisotopic (exact) mass is 289 g/mol. The fraction of sp³-hybridized carbons (Fsp3) is 0.333. The van der Waals surface area contributed by atoms with Gasteiger partial charge in [-0.2, -0.15) is 4.98 Å². The smallest absolute Gasteiger partial charge is 0.224 e. The first-order valence-electron chi connectivity index (χ1n) is 6.66. The molecule has 1 saturated carbocycles. The van der Waals surface area contributed by atoms with Crippen LogP contribution in [0.1, 0.15) is 30.1 Å². The number of halogens is 1. The summed E-state index contributed by atoms with van der Waals surface area (Å²) in [4.78, 5) is 8.95. The third kappa shape index (κ3) is 2.85. The Morgan fingerprint density at radius 2 is 2.05 bits per heavy atom. The Kier molecular flexibility index (Phi) is 3.49. The topological polar surface area (TPSA) is 47.0 Å². The van der Waals surface area contributed by atoms with Crippen molar-refractivity contribution in [2.24, 2.45) is 0 Å². The average molecular weight is 290 g/mol. The van der Waals surface area contributed by atoms with Crippen LogP contribution in [0, 0.1) is 6.92 Å². The molecule has 0 unspecified atom stereocenters. The van der Waals surface area contributed by atoms with Crippen LogP contribution < -0.4 is 10.1 Å². The molecular weight excluding hydrogens is 274 g/mol. The van der Waals surface area contributed by atoms with Gasteiger partial charge in [0.05, 0.1) is 0 Å². The van der Waals surface area contributed by atoms with E-state index in [-0.39, 0.29) is 0 Å². The highest BCUT2D eigenvalue weighted by Crippen LogP contribution is 2.39. The Balaban J connectivity index is 1.88. The normalized spacial score (nSPS) is 14.2. The van der Waals surface area contributed by atoms with Crippen LogP contribution in [0.4, 0.5) is 5.82 Å². The van der Waals surface area contributed by atoms with Gasteiger partial charge in [-0.15, -0.1) is 0 Å². The van der Waals surface area contributed by atoms with Crippen LogP contribution in [0.5, 0.6) is 11.6 Å². The van der Waals surface area contributed by atoms with Gasteiger partial charge in [-0.3, -0.25) is 0 Å². The second kappa shape index (κ2) is 5.29. The van der Waals surface area contributed by atoms with E-state index < -0.39 is 0 Å². The molecule has 0 bridgehead atoms. The molecule has 5 heteroatoms. The molecule has 1 heterocycles. The lowest BCUT2D eigenvalue weighted by atomic mass is 10.2. The van der Waals surface area contributed by atoms with Crippen LogP contribution in [0.3, 0.4) is 0 Å². The van der Waals surface area contributed by atoms with Crippen molar-refractivity contribution in [2.45, 2.75) is 25.7 Å². The van der Waals surface area contributed by atoms with Crippen molar-refractivity contribution < 1.29 is 4.74 Å². The summed E-state index contributed by atoms with van der Waals surface area (Å²) < 4.78 is 5.83. The predicted octanol–water partition coefficient (Wildman–Crippen LogP) is 4.15. The minimum Gasteiger partial charge on any atom is -0.439 e. The van der Waals surface area contributed by atoms with Crippen molar-refractivity contribution in [3.63, 3.8) is 0 Å². The number of hydrogen-bond donors (Lipinski definition) is 1. The number of hydrogen-bond acceptors (Lipinski definition) is 4. The van der Waals surface area contributed by atoms with Gasteiger partial charge < -0.3 is 10.1 Å². The highest BCUT2D eigenvalue weighted by atomic mass is 35.5. The molecule has 1 fully saturated rings. The fourth-order valence-electron chi connectivity index (χ4n) is 1.95. The van der Waals surface area contributed by atoms with Gasteiger partial charge in [-0.25, -0.2) is 4.98 Å². The Morgan fingerprint density at radius 1 is 1.25 bits per heavy atom. The molecule has 1 aromatic carbocycles. The van der Waals surface area contributed by atoms with Crippen LogP contribution in [-0.2, 0) is 0 Å². The number of rotatable bonds is 4. The van der Waals surface area contributed by atoms with Crippen molar-refractivity contribution in [1.82, 2.24) is 9.97 Å². The average Bonchev–Trinajstić information content (AvgIpc) is 3.27. The maximum atomic E-state index is 6.02. The van der Waals surface area contributed by atoms with Crippen LogP contribution in [0.2, 0.25) is 5.02 Å². The standard InChI is InChI=1S/C15H16ClN3O/c1-9-7-11(5-6-12(9)16)20-14-8-13(17-2)18-15(19-14)10-3-4-10/h5-8,10H,3-4H2,1-2H3,(H,17,18,19).